The Labute approximate surface area is 185 Å². The molecule has 164 valence electrons. The molecule has 10 heteroatoms. The van der Waals surface area contributed by atoms with Crippen LogP contribution in [0.25, 0.3) is 5.95 Å². The zero-order chi connectivity index (χ0) is 21.8. The Morgan fingerprint density at radius 3 is 2.61 bits per heavy atom. The van der Waals surface area contributed by atoms with Crippen molar-refractivity contribution in [2.24, 2.45) is 5.92 Å². The zero-order valence-electron chi connectivity index (χ0n) is 18.2. The SMILES string of the molecule is Cc1cc(C)nc(-n2nc(C)cc2NC(=O)CSc2n[nH]c(CCC3CCCC3)n2)n1. The molecule has 3 aromatic heterocycles. The molecule has 3 aromatic rings. The Morgan fingerprint density at radius 1 is 1.13 bits per heavy atom. The van der Waals surface area contributed by atoms with E-state index in [0.717, 1.165) is 41.7 Å². The summed E-state index contributed by atoms with van der Waals surface area (Å²) in [7, 11) is 0. The van der Waals surface area contributed by atoms with Gasteiger partial charge >= 0.3 is 0 Å². The first-order valence-corrected chi connectivity index (χ1v) is 11.7. The third-order valence-corrected chi connectivity index (χ3v) is 6.21. The first-order chi connectivity index (χ1) is 15.0. The number of hydrogen-bond donors (Lipinski definition) is 2. The Balaban J connectivity index is 1.33. The minimum atomic E-state index is -0.159. The molecule has 9 nitrogen and oxygen atoms in total. The number of H-pyrrole nitrogens is 1. The van der Waals surface area contributed by atoms with Crippen LogP contribution in [0.5, 0.6) is 0 Å². The number of aromatic amines is 1. The second-order valence-electron chi connectivity index (χ2n) is 8.12. The van der Waals surface area contributed by atoms with Crippen molar-refractivity contribution in [2.45, 2.75) is 64.5 Å². The van der Waals surface area contributed by atoms with Crippen LogP contribution in [0.2, 0.25) is 0 Å². The van der Waals surface area contributed by atoms with Gasteiger partial charge < -0.3 is 5.32 Å². The first kappa shape index (κ1) is 21.5. The second kappa shape index (κ2) is 9.59. The Hall–Kier alpha value is -2.75. The van der Waals surface area contributed by atoms with E-state index in [2.05, 4.69) is 35.6 Å². The molecule has 31 heavy (non-hydrogen) atoms. The fraction of sp³-hybridized carbons (Fsp3) is 0.524. The third-order valence-electron chi connectivity index (χ3n) is 5.37. The lowest BCUT2D eigenvalue weighted by Crippen LogP contribution is -2.18. The van der Waals surface area contributed by atoms with Crippen LogP contribution in [0.15, 0.2) is 17.3 Å². The summed E-state index contributed by atoms with van der Waals surface area (Å²) in [6, 6.07) is 3.70. The van der Waals surface area contributed by atoms with Gasteiger partial charge in [-0.05, 0) is 39.2 Å². The van der Waals surface area contributed by atoms with Gasteiger partial charge in [-0.3, -0.25) is 9.89 Å². The van der Waals surface area contributed by atoms with Gasteiger partial charge in [0.05, 0.1) is 11.4 Å². The average molecular weight is 441 g/mol. The van der Waals surface area contributed by atoms with Crippen LogP contribution in [-0.4, -0.2) is 46.6 Å². The molecular formula is C21H28N8OS. The quantitative estimate of drug-likeness (QED) is 0.515. The molecule has 0 aromatic carbocycles. The van der Waals surface area contributed by atoms with Gasteiger partial charge in [-0.15, -0.1) is 5.10 Å². The van der Waals surface area contributed by atoms with E-state index in [1.807, 2.05) is 26.8 Å². The number of aromatic nitrogens is 7. The Bertz CT molecular complexity index is 1030. The lowest BCUT2D eigenvalue weighted by atomic mass is 10.0. The van der Waals surface area contributed by atoms with Gasteiger partial charge in [0.25, 0.3) is 5.95 Å². The van der Waals surface area contributed by atoms with Gasteiger partial charge in [0.2, 0.25) is 11.1 Å². The largest absolute Gasteiger partial charge is 0.310 e. The van der Waals surface area contributed by atoms with Crippen LogP contribution >= 0.6 is 11.8 Å². The summed E-state index contributed by atoms with van der Waals surface area (Å²) in [6.45, 7) is 5.68. The molecule has 2 N–H and O–H groups in total. The highest BCUT2D eigenvalue weighted by Gasteiger charge is 2.17. The zero-order valence-corrected chi connectivity index (χ0v) is 19.0. The van der Waals surface area contributed by atoms with E-state index < -0.39 is 0 Å². The van der Waals surface area contributed by atoms with E-state index >= 15 is 0 Å². The number of nitrogens with zero attached hydrogens (tertiary/aromatic N) is 6. The van der Waals surface area contributed by atoms with Crippen molar-refractivity contribution in [3.05, 3.63) is 35.0 Å². The summed E-state index contributed by atoms with van der Waals surface area (Å²) in [5, 5.41) is 15.2. The van der Waals surface area contributed by atoms with Gasteiger partial charge in [-0.2, -0.15) is 9.78 Å². The van der Waals surface area contributed by atoms with Crippen LogP contribution in [0, 0.1) is 26.7 Å². The maximum absolute atomic E-state index is 12.5. The van der Waals surface area contributed by atoms with E-state index in [1.54, 1.807) is 10.7 Å². The standard InChI is InChI=1S/C21H28N8OS/c1-13-10-14(2)23-20(22-13)29-18(11-15(3)28-29)25-19(30)12-31-21-24-17(26-27-21)9-8-16-6-4-5-7-16/h10-11,16H,4-9,12H2,1-3H3,(H,25,30)(H,24,26,27). The molecule has 0 aliphatic heterocycles. The highest BCUT2D eigenvalue weighted by Crippen LogP contribution is 2.28. The fourth-order valence-electron chi connectivity index (χ4n) is 3.95. The van der Waals surface area contributed by atoms with Crippen LogP contribution in [0.4, 0.5) is 5.82 Å². The molecule has 0 saturated heterocycles. The fourth-order valence-corrected chi connectivity index (χ4v) is 4.56. The number of amides is 1. The number of aryl methyl sites for hydroxylation is 4. The summed E-state index contributed by atoms with van der Waals surface area (Å²) in [4.78, 5) is 25.9. The summed E-state index contributed by atoms with van der Waals surface area (Å²) < 4.78 is 1.56. The highest BCUT2D eigenvalue weighted by atomic mass is 32.2. The van der Waals surface area contributed by atoms with Crippen molar-refractivity contribution in [3.63, 3.8) is 0 Å². The Morgan fingerprint density at radius 2 is 1.87 bits per heavy atom. The van der Waals surface area contributed by atoms with Crippen LogP contribution < -0.4 is 5.32 Å². The molecule has 0 spiro atoms. The van der Waals surface area contributed by atoms with E-state index in [9.17, 15) is 4.79 Å². The Kier molecular flexibility index (Phi) is 6.64. The van der Waals surface area contributed by atoms with E-state index in [4.69, 9.17) is 0 Å². The molecule has 0 unspecified atom stereocenters. The number of rotatable bonds is 8. The van der Waals surface area contributed by atoms with Crippen molar-refractivity contribution in [3.8, 4) is 5.95 Å². The second-order valence-corrected chi connectivity index (χ2v) is 9.07. The van der Waals surface area contributed by atoms with Gasteiger partial charge in [0.1, 0.15) is 11.6 Å². The van der Waals surface area contributed by atoms with E-state index in [-0.39, 0.29) is 11.7 Å². The predicted molar refractivity (Wildman–Crippen MR) is 119 cm³/mol. The topological polar surface area (TPSA) is 114 Å². The maximum atomic E-state index is 12.5. The summed E-state index contributed by atoms with van der Waals surface area (Å²) >= 11 is 1.31. The third kappa shape index (κ3) is 5.69. The average Bonchev–Trinajstić information content (AvgIpc) is 3.45. The number of anilines is 1. The number of carbonyl (C=O) groups excluding carboxylic acids is 1. The first-order valence-electron chi connectivity index (χ1n) is 10.7. The molecule has 1 aliphatic rings. The number of hydrogen-bond acceptors (Lipinski definition) is 7. The van der Waals surface area contributed by atoms with Crippen molar-refractivity contribution in [2.75, 3.05) is 11.1 Å². The van der Waals surface area contributed by atoms with Crippen LogP contribution in [0.1, 0.15) is 55.0 Å². The van der Waals surface area contributed by atoms with E-state index in [1.165, 1.54) is 37.4 Å². The number of nitrogens with one attached hydrogen (secondary N) is 2. The molecule has 0 radical (unpaired) electrons. The normalized spacial score (nSPS) is 14.3. The molecule has 4 rings (SSSR count). The maximum Gasteiger partial charge on any atom is 0.252 e. The lowest BCUT2D eigenvalue weighted by Gasteiger charge is -2.08. The summed E-state index contributed by atoms with van der Waals surface area (Å²) in [6.07, 6.45) is 7.44. The number of carbonyl (C=O) groups is 1. The monoisotopic (exact) mass is 440 g/mol. The van der Waals surface area contributed by atoms with Crippen LogP contribution in [0.3, 0.4) is 0 Å². The molecule has 0 bridgehead atoms. The van der Waals surface area contributed by atoms with Crippen molar-refractivity contribution >= 4 is 23.5 Å². The molecule has 1 saturated carbocycles. The van der Waals surface area contributed by atoms with Gasteiger partial charge in [0.15, 0.2) is 0 Å². The minimum Gasteiger partial charge on any atom is -0.310 e. The number of thioether (sulfide) groups is 1. The van der Waals surface area contributed by atoms with Crippen LogP contribution in [-0.2, 0) is 11.2 Å². The van der Waals surface area contributed by atoms with Gasteiger partial charge in [-0.1, -0.05) is 37.4 Å². The van der Waals surface area contributed by atoms with Crippen molar-refractivity contribution in [1.29, 1.82) is 0 Å². The molecule has 1 amide bonds. The van der Waals surface area contributed by atoms with Gasteiger partial charge in [-0.25, -0.2) is 15.0 Å². The predicted octanol–water partition coefficient (Wildman–Crippen LogP) is 3.56. The minimum absolute atomic E-state index is 0.159. The summed E-state index contributed by atoms with van der Waals surface area (Å²) in [5.74, 6) is 2.75. The molecule has 1 aliphatic carbocycles. The van der Waals surface area contributed by atoms with Crippen molar-refractivity contribution < 1.29 is 4.79 Å². The molecule has 1 fully saturated rings. The van der Waals surface area contributed by atoms with E-state index in [0.29, 0.717) is 16.9 Å². The smallest absolute Gasteiger partial charge is 0.252 e. The lowest BCUT2D eigenvalue weighted by molar-refractivity contribution is -0.113. The molecule has 3 heterocycles. The van der Waals surface area contributed by atoms with Gasteiger partial charge in [0, 0.05) is 23.9 Å². The van der Waals surface area contributed by atoms with Crippen molar-refractivity contribution in [1.82, 2.24) is 34.9 Å². The molecule has 0 atom stereocenters. The summed E-state index contributed by atoms with van der Waals surface area (Å²) in [5.41, 5.74) is 2.46. The highest BCUT2D eigenvalue weighted by molar-refractivity contribution is 7.99. The molecular weight excluding hydrogens is 412 g/mol.